The van der Waals surface area contributed by atoms with Crippen molar-refractivity contribution in [3.63, 3.8) is 0 Å². The molecule has 0 saturated heterocycles. The lowest BCUT2D eigenvalue weighted by atomic mass is 9.80. The molecule has 0 bridgehead atoms. The molecule has 0 aliphatic rings. The Morgan fingerprint density at radius 2 is 1.41 bits per heavy atom. The maximum Gasteiger partial charge on any atom is 0.413 e. The number of rotatable bonds is 4. The lowest BCUT2D eigenvalue weighted by Crippen LogP contribution is -2.55. The van der Waals surface area contributed by atoms with E-state index in [0.29, 0.717) is 0 Å². The van der Waals surface area contributed by atoms with Gasteiger partial charge in [-0.25, -0.2) is 0 Å². The van der Waals surface area contributed by atoms with Crippen molar-refractivity contribution in [1.82, 2.24) is 0 Å². The van der Waals surface area contributed by atoms with Crippen LogP contribution in [-0.4, -0.2) is 23.4 Å². The summed E-state index contributed by atoms with van der Waals surface area (Å²) in [5.74, 6) is -3.36. The third-order valence-corrected chi connectivity index (χ3v) is 2.43. The number of halogens is 6. The normalized spacial score (nSPS) is 14.2. The van der Waals surface area contributed by atoms with E-state index in [1.807, 2.05) is 0 Å². The molecule has 0 spiro atoms. The predicted octanol–water partition coefficient (Wildman–Crippen LogP) is 3.62. The number of carboxylic acid groups (broad SMARTS) is 1. The van der Waals surface area contributed by atoms with Gasteiger partial charge in [-0.05, 0) is 18.8 Å². The van der Waals surface area contributed by atoms with Crippen molar-refractivity contribution in [3.8, 4) is 0 Å². The fourth-order valence-electron chi connectivity index (χ4n) is 1.30. The zero-order valence-electron chi connectivity index (χ0n) is 9.11. The topological polar surface area (TPSA) is 37.3 Å². The molecule has 0 atom stereocenters. The van der Waals surface area contributed by atoms with Gasteiger partial charge in [0.25, 0.3) is 5.41 Å². The fraction of sp³-hybridized carbons (Fsp3) is 0.889. The van der Waals surface area contributed by atoms with E-state index >= 15 is 0 Å². The number of aliphatic carboxylic acids is 1. The largest absolute Gasteiger partial charge is 0.480 e. The van der Waals surface area contributed by atoms with Gasteiger partial charge in [0.1, 0.15) is 0 Å². The summed E-state index contributed by atoms with van der Waals surface area (Å²) in [7, 11) is 0. The summed E-state index contributed by atoms with van der Waals surface area (Å²) in [6.07, 6.45) is -13.7. The van der Waals surface area contributed by atoms with Gasteiger partial charge in [0.2, 0.25) is 0 Å². The highest BCUT2D eigenvalue weighted by molar-refractivity contribution is 5.76. The molecule has 0 aliphatic carbocycles. The van der Waals surface area contributed by atoms with Crippen molar-refractivity contribution >= 4 is 5.97 Å². The quantitative estimate of drug-likeness (QED) is 0.789. The second-order valence-electron chi connectivity index (χ2n) is 4.14. The first-order valence-corrected chi connectivity index (χ1v) is 4.73. The van der Waals surface area contributed by atoms with Crippen molar-refractivity contribution in [2.24, 2.45) is 11.3 Å². The van der Waals surface area contributed by atoms with Gasteiger partial charge in [-0.2, -0.15) is 26.3 Å². The number of carbonyl (C=O) groups is 1. The Balaban J connectivity index is 5.53. The van der Waals surface area contributed by atoms with Crippen LogP contribution in [0, 0.1) is 11.3 Å². The molecule has 102 valence electrons. The summed E-state index contributed by atoms with van der Waals surface area (Å²) in [6, 6.07) is 0. The fourth-order valence-corrected chi connectivity index (χ4v) is 1.30. The molecule has 0 aromatic heterocycles. The maximum atomic E-state index is 12.5. The average molecular weight is 266 g/mol. The van der Waals surface area contributed by atoms with E-state index in [0.717, 1.165) is 0 Å². The van der Waals surface area contributed by atoms with Gasteiger partial charge < -0.3 is 5.11 Å². The Hall–Kier alpha value is -0.950. The average Bonchev–Trinajstić information content (AvgIpc) is 1.97. The molecule has 0 aliphatic heterocycles. The van der Waals surface area contributed by atoms with E-state index in [4.69, 9.17) is 5.11 Å². The maximum absolute atomic E-state index is 12.5. The molecule has 0 heterocycles. The van der Waals surface area contributed by atoms with Crippen LogP contribution in [0.25, 0.3) is 0 Å². The van der Waals surface area contributed by atoms with E-state index in [1.165, 1.54) is 13.8 Å². The molecular weight excluding hydrogens is 254 g/mol. The highest BCUT2D eigenvalue weighted by Gasteiger charge is 2.75. The minimum absolute atomic E-state index is 0.460. The van der Waals surface area contributed by atoms with Gasteiger partial charge in [-0.15, -0.1) is 0 Å². The van der Waals surface area contributed by atoms with E-state index in [-0.39, 0.29) is 0 Å². The summed E-state index contributed by atoms with van der Waals surface area (Å²) in [4.78, 5) is 10.5. The van der Waals surface area contributed by atoms with Gasteiger partial charge in [0.05, 0.1) is 0 Å². The summed E-state index contributed by atoms with van der Waals surface area (Å²) in [6.45, 7) is 2.83. The van der Waals surface area contributed by atoms with Gasteiger partial charge >= 0.3 is 18.3 Å². The second kappa shape index (κ2) is 4.73. The van der Waals surface area contributed by atoms with Crippen LogP contribution in [0.1, 0.15) is 26.7 Å². The van der Waals surface area contributed by atoms with Crippen molar-refractivity contribution in [1.29, 1.82) is 0 Å². The third-order valence-electron chi connectivity index (χ3n) is 2.43. The smallest absolute Gasteiger partial charge is 0.413 e. The summed E-state index contributed by atoms with van der Waals surface area (Å²) in [5.41, 5.74) is -4.68. The van der Waals surface area contributed by atoms with Crippen molar-refractivity contribution in [2.45, 2.75) is 39.0 Å². The van der Waals surface area contributed by atoms with Crippen molar-refractivity contribution in [3.05, 3.63) is 0 Å². The van der Waals surface area contributed by atoms with Crippen LogP contribution >= 0.6 is 0 Å². The van der Waals surface area contributed by atoms with E-state index in [2.05, 4.69) is 0 Å². The van der Waals surface area contributed by atoms with Gasteiger partial charge in [-0.1, -0.05) is 13.8 Å². The Bertz CT molecular complexity index is 264. The number of carboxylic acids is 1. The Kier molecular flexibility index (Phi) is 4.47. The van der Waals surface area contributed by atoms with Crippen LogP contribution < -0.4 is 0 Å². The Morgan fingerprint density at radius 1 is 1.06 bits per heavy atom. The Morgan fingerprint density at radius 3 is 1.59 bits per heavy atom. The zero-order valence-corrected chi connectivity index (χ0v) is 9.11. The molecule has 1 N–H and O–H groups in total. The van der Waals surface area contributed by atoms with Gasteiger partial charge in [-0.3, -0.25) is 4.79 Å². The number of alkyl halides is 6. The molecule has 2 nitrogen and oxygen atoms in total. The van der Waals surface area contributed by atoms with Gasteiger partial charge in [0, 0.05) is 0 Å². The first-order chi connectivity index (χ1) is 7.36. The molecule has 0 saturated carbocycles. The zero-order chi connectivity index (χ0) is 14.1. The molecule has 0 radical (unpaired) electrons. The van der Waals surface area contributed by atoms with Crippen LogP contribution in [0.4, 0.5) is 26.3 Å². The standard InChI is InChI=1S/C9H12F6O2/c1-5(2)3-4-7(6(16)17,8(10,11)12)9(13,14)15/h5H,3-4H2,1-2H3,(H,16,17). The minimum Gasteiger partial charge on any atom is -0.480 e. The van der Waals surface area contributed by atoms with Crippen LogP contribution in [0.5, 0.6) is 0 Å². The van der Waals surface area contributed by atoms with Crippen LogP contribution in [-0.2, 0) is 4.79 Å². The van der Waals surface area contributed by atoms with E-state index in [9.17, 15) is 31.1 Å². The first kappa shape index (κ1) is 16.1. The van der Waals surface area contributed by atoms with Crippen molar-refractivity contribution < 1.29 is 36.2 Å². The summed E-state index contributed by atoms with van der Waals surface area (Å²) in [5, 5.41) is 8.37. The molecule has 17 heavy (non-hydrogen) atoms. The minimum atomic E-state index is -5.87. The molecule has 0 aromatic rings. The molecule has 0 aromatic carbocycles. The SMILES string of the molecule is CC(C)CCC(C(=O)O)(C(F)(F)F)C(F)(F)F. The molecule has 0 amide bonds. The number of hydrogen-bond donors (Lipinski definition) is 1. The molecule has 0 unspecified atom stereocenters. The van der Waals surface area contributed by atoms with Crippen LogP contribution in [0.15, 0.2) is 0 Å². The molecular formula is C9H12F6O2. The lowest BCUT2D eigenvalue weighted by Gasteiger charge is -2.33. The second-order valence-corrected chi connectivity index (χ2v) is 4.14. The van der Waals surface area contributed by atoms with Crippen molar-refractivity contribution in [2.75, 3.05) is 0 Å². The predicted molar refractivity (Wildman–Crippen MR) is 46.3 cm³/mol. The van der Waals surface area contributed by atoms with E-state index < -0.39 is 42.5 Å². The highest BCUT2D eigenvalue weighted by atomic mass is 19.4. The third kappa shape index (κ3) is 3.04. The van der Waals surface area contributed by atoms with Crippen LogP contribution in [0.3, 0.4) is 0 Å². The van der Waals surface area contributed by atoms with Gasteiger partial charge in [0.15, 0.2) is 0 Å². The molecule has 0 fully saturated rings. The van der Waals surface area contributed by atoms with Crippen LogP contribution in [0.2, 0.25) is 0 Å². The summed E-state index contributed by atoms with van der Waals surface area (Å²) >= 11 is 0. The lowest BCUT2D eigenvalue weighted by molar-refractivity contribution is -0.333. The monoisotopic (exact) mass is 266 g/mol. The first-order valence-electron chi connectivity index (χ1n) is 4.73. The van der Waals surface area contributed by atoms with E-state index in [1.54, 1.807) is 0 Å². The molecule has 0 rings (SSSR count). The number of hydrogen-bond acceptors (Lipinski definition) is 1. The summed E-state index contributed by atoms with van der Waals surface area (Å²) < 4.78 is 74.8. The highest BCUT2D eigenvalue weighted by Crippen LogP contribution is 2.53. The molecule has 8 heteroatoms. The Labute approximate surface area is 93.6 Å².